The van der Waals surface area contributed by atoms with Crippen molar-refractivity contribution >= 4 is 5.82 Å². The van der Waals surface area contributed by atoms with E-state index in [1.165, 1.54) is 57.8 Å². The van der Waals surface area contributed by atoms with Gasteiger partial charge < -0.3 is 5.32 Å². The summed E-state index contributed by atoms with van der Waals surface area (Å²) >= 11 is 0. The van der Waals surface area contributed by atoms with Crippen LogP contribution < -0.4 is 5.32 Å². The van der Waals surface area contributed by atoms with Gasteiger partial charge in [-0.2, -0.15) is 5.10 Å². The van der Waals surface area contributed by atoms with Crippen molar-refractivity contribution in [1.29, 1.82) is 0 Å². The molecule has 19 heavy (non-hydrogen) atoms. The van der Waals surface area contributed by atoms with Gasteiger partial charge in [0.25, 0.3) is 0 Å². The fourth-order valence-corrected chi connectivity index (χ4v) is 4.15. The summed E-state index contributed by atoms with van der Waals surface area (Å²) in [7, 11) is 1.99. The van der Waals surface area contributed by atoms with E-state index in [0.717, 1.165) is 17.7 Å². The van der Waals surface area contributed by atoms with Gasteiger partial charge >= 0.3 is 0 Å². The molecule has 2 atom stereocenters. The molecule has 3 nitrogen and oxygen atoms in total. The predicted molar refractivity (Wildman–Crippen MR) is 79.2 cm³/mol. The Morgan fingerprint density at radius 1 is 1.05 bits per heavy atom. The number of nitrogens with one attached hydrogen (secondary N) is 1. The fourth-order valence-electron chi connectivity index (χ4n) is 4.15. The van der Waals surface area contributed by atoms with E-state index in [1.54, 1.807) is 0 Å². The highest BCUT2D eigenvalue weighted by Gasteiger charge is 2.32. The molecule has 0 bridgehead atoms. The van der Waals surface area contributed by atoms with Crippen LogP contribution in [0.2, 0.25) is 0 Å². The first-order valence-corrected chi connectivity index (χ1v) is 8.09. The van der Waals surface area contributed by atoms with Gasteiger partial charge in [0.1, 0.15) is 5.82 Å². The molecule has 1 heterocycles. The van der Waals surface area contributed by atoms with E-state index in [0.29, 0.717) is 6.04 Å². The molecule has 0 amide bonds. The van der Waals surface area contributed by atoms with Gasteiger partial charge in [-0.05, 0) is 24.7 Å². The standard InChI is InChI=1S/C16H27N3/c1-19-12-11-16(18-19)17-15-10-6-5-9-14(15)13-7-3-2-4-8-13/h11-15H,2-10H2,1H3,(H,17,18). The van der Waals surface area contributed by atoms with Gasteiger partial charge in [0, 0.05) is 25.4 Å². The molecule has 0 aromatic carbocycles. The minimum absolute atomic E-state index is 0.659. The smallest absolute Gasteiger partial charge is 0.148 e. The third-order valence-electron chi connectivity index (χ3n) is 5.12. The molecule has 1 aromatic heterocycles. The number of aromatic nitrogens is 2. The Morgan fingerprint density at radius 2 is 1.79 bits per heavy atom. The van der Waals surface area contributed by atoms with Crippen LogP contribution in [0.5, 0.6) is 0 Å². The maximum Gasteiger partial charge on any atom is 0.148 e. The quantitative estimate of drug-likeness (QED) is 0.892. The Hall–Kier alpha value is -0.990. The van der Waals surface area contributed by atoms with Crippen molar-refractivity contribution in [2.75, 3.05) is 5.32 Å². The molecule has 1 N–H and O–H groups in total. The summed E-state index contributed by atoms with van der Waals surface area (Å²) in [6.45, 7) is 0. The molecule has 106 valence electrons. The second kappa shape index (κ2) is 5.98. The highest BCUT2D eigenvalue weighted by Crippen LogP contribution is 2.39. The lowest BCUT2D eigenvalue weighted by atomic mass is 9.71. The molecule has 3 rings (SSSR count). The molecule has 2 fully saturated rings. The summed E-state index contributed by atoms with van der Waals surface area (Å²) in [6, 6.07) is 2.76. The molecule has 1 aromatic rings. The van der Waals surface area contributed by atoms with Crippen molar-refractivity contribution in [3.05, 3.63) is 12.3 Å². The van der Waals surface area contributed by atoms with Crippen LogP contribution in [0, 0.1) is 11.8 Å². The molecule has 2 aliphatic rings. The zero-order chi connectivity index (χ0) is 13.1. The molecule has 2 aliphatic carbocycles. The Morgan fingerprint density at radius 3 is 2.53 bits per heavy atom. The summed E-state index contributed by atoms with van der Waals surface area (Å²) in [5, 5.41) is 8.21. The van der Waals surface area contributed by atoms with Crippen molar-refractivity contribution < 1.29 is 0 Å². The number of rotatable bonds is 3. The van der Waals surface area contributed by atoms with E-state index < -0.39 is 0 Å². The van der Waals surface area contributed by atoms with Crippen molar-refractivity contribution in [1.82, 2.24) is 9.78 Å². The van der Waals surface area contributed by atoms with E-state index >= 15 is 0 Å². The first-order valence-electron chi connectivity index (χ1n) is 8.09. The first kappa shape index (κ1) is 13.0. The van der Waals surface area contributed by atoms with Gasteiger partial charge in [0.05, 0.1) is 0 Å². The lowest BCUT2D eigenvalue weighted by Crippen LogP contribution is -2.37. The van der Waals surface area contributed by atoms with Crippen molar-refractivity contribution in [2.24, 2.45) is 18.9 Å². The highest BCUT2D eigenvalue weighted by atomic mass is 15.3. The third kappa shape index (κ3) is 3.13. The number of hydrogen-bond acceptors (Lipinski definition) is 2. The van der Waals surface area contributed by atoms with Gasteiger partial charge in [0.15, 0.2) is 0 Å². The van der Waals surface area contributed by atoms with Crippen LogP contribution in [0.4, 0.5) is 5.82 Å². The number of nitrogens with zero attached hydrogens (tertiary/aromatic N) is 2. The van der Waals surface area contributed by atoms with Gasteiger partial charge in [-0.3, -0.25) is 4.68 Å². The first-order chi connectivity index (χ1) is 9.33. The molecular formula is C16H27N3. The van der Waals surface area contributed by atoms with Crippen molar-refractivity contribution in [3.63, 3.8) is 0 Å². The number of aryl methyl sites for hydroxylation is 1. The van der Waals surface area contributed by atoms with Gasteiger partial charge in [-0.25, -0.2) is 0 Å². The van der Waals surface area contributed by atoms with Gasteiger partial charge in [0.2, 0.25) is 0 Å². The number of hydrogen-bond donors (Lipinski definition) is 1. The summed E-state index contributed by atoms with van der Waals surface area (Å²) in [4.78, 5) is 0. The second-order valence-electron chi connectivity index (χ2n) is 6.47. The molecule has 0 radical (unpaired) electrons. The molecule has 2 saturated carbocycles. The zero-order valence-electron chi connectivity index (χ0n) is 12.1. The Kier molecular flexibility index (Phi) is 4.09. The largest absolute Gasteiger partial charge is 0.366 e. The summed E-state index contributed by atoms with van der Waals surface area (Å²) in [5.41, 5.74) is 0. The summed E-state index contributed by atoms with van der Waals surface area (Å²) in [5.74, 6) is 2.92. The molecule has 0 spiro atoms. The van der Waals surface area contributed by atoms with E-state index in [9.17, 15) is 0 Å². The molecule has 2 unspecified atom stereocenters. The van der Waals surface area contributed by atoms with E-state index in [-0.39, 0.29) is 0 Å². The van der Waals surface area contributed by atoms with Crippen LogP contribution in [-0.4, -0.2) is 15.8 Å². The van der Waals surface area contributed by atoms with Crippen LogP contribution in [0.15, 0.2) is 12.3 Å². The minimum Gasteiger partial charge on any atom is -0.366 e. The normalized spacial score (nSPS) is 29.3. The van der Waals surface area contributed by atoms with Crippen LogP contribution in [0.25, 0.3) is 0 Å². The SMILES string of the molecule is Cn1ccc(NC2CCCCC2C2CCCCC2)n1. The predicted octanol–water partition coefficient (Wildman–Crippen LogP) is 3.97. The molecule has 0 aliphatic heterocycles. The zero-order valence-corrected chi connectivity index (χ0v) is 12.1. The fraction of sp³-hybridized carbons (Fsp3) is 0.812. The Balaban J connectivity index is 1.66. The lowest BCUT2D eigenvalue weighted by Gasteiger charge is -2.39. The Bertz CT molecular complexity index is 392. The minimum atomic E-state index is 0.659. The summed E-state index contributed by atoms with van der Waals surface area (Å²) in [6.07, 6.45) is 14.9. The van der Waals surface area contributed by atoms with Crippen molar-refractivity contribution in [3.8, 4) is 0 Å². The van der Waals surface area contributed by atoms with Gasteiger partial charge in [-0.1, -0.05) is 44.9 Å². The maximum absolute atomic E-state index is 4.49. The Labute approximate surface area is 116 Å². The van der Waals surface area contributed by atoms with E-state index in [4.69, 9.17) is 0 Å². The summed E-state index contributed by atoms with van der Waals surface area (Å²) < 4.78 is 1.89. The maximum atomic E-state index is 4.49. The lowest BCUT2D eigenvalue weighted by molar-refractivity contribution is 0.180. The van der Waals surface area contributed by atoms with E-state index in [2.05, 4.69) is 16.5 Å². The third-order valence-corrected chi connectivity index (χ3v) is 5.12. The van der Waals surface area contributed by atoms with E-state index in [1.807, 2.05) is 17.9 Å². The van der Waals surface area contributed by atoms with Crippen LogP contribution >= 0.6 is 0 Å². The van der Waals surface area contributed by atoms with Crippen LogP contribution in [0.3, 0.4) is 0 Å². The molecule has 3 heteroatoms. The number of anilines is 1. The molecule has 0 saturated heterocycles. The van der Waals surface area contributed by atoms with Crippen molar-refractivity contribution in [2.45, 2.75) is 63.8 Å². The van der Waals surface area contributed by atoms with Gasteiger partial charge in [-0.15, -0.1) is 0 Å². The monoisotopic (exact) mass is 261 g/mol. The second-order valence-corrected chi connectivity index (χ2v) is 6.47. The van der Waals surface area contributed by atoms with Crippen LogP contribution in [0.1, 0.15) is 57.8 Å². The average molecular weight is 261 g/mol. The molecular weight excluding hydrogens is 234 g/mol. The average Bonchev–Trinajstić information content (AvgIpc) is 2.86. The topological polar surface area (TPSA) is 29.9 Å². The van der Waals surface area contributed by atoms with Crippen LogP contribution in [-0.2, 0) is 7.05 Å². The highest BCUT2D eigenvalue weighted by molar-refractivity contribution is 5.34.